The summed E-state index contributed by atoms with van der Waals surface area (Å²) in [6.45, 7) is 9.77. The molecule has 6 heteroatoms. The monoisotopic (exact) mass is 338 g/mol. The summed E-state index contributed by atoms with van der Waals surface area (Å²) in [5.74, 6) is 0.0577. The number of aryl methyl sites for hydroxylation is 1. The number of nitrogens with one attached hydrogen (secondary N) is 1. The van der Waals surface area contributed by atoms with Crippen molar-refractivity contribution in [1.82, 2.24) is 4.90 Å². The summed E-state index contributed by atoms with van der Waals surface area (Å²) < 4.78 is 11.6. The standard InChI is InChI=1S/C17H26N2O3S/c1-11-12(2)17(23-13(11)3)18-16(20)10-19-6-8-22-15(9-19)14-5-4-7-21-14/h14-15H,4-10H2,1-3H3,(H,18,20)/t14-,15-/m0/s1. The van der Waals surface area contributed by atoms with Gasteiger partial charge in [-0.1, -0.05) is 0 Å². The lowest BCUT2D eigenvalue weighted by Crippen LogP contribution is -2.49. The number of thiophene rings is 1. The molecule has 2 fully saturated rings. The maximum atomic E-state index is 12.4. The summed E-state index contributed by atoms with van der Waals surface area (Å²) in [5, 5.41) is 4.05. The highest BCUT2D eigenvalue weighted by molar-refractivity contribution is 7.16. The average molecular weight is 338 g/mol. The zero-order chi connectivity index (χ0) is 16.4. The van der Waals surface area contributed by atoms with Crippen molar-refractivity contribution in [2.24, 2.45) is 0 Å². The molecule has 128 valence electrons. The second-order valence-electron chi connectivity index (χ2n) is 6.48. The van der Waals surface area contributed by atoms with E-state index in [1.807, 2.05) is 0 Å². The average Bonchev–Trinajstić information content (AvgIpc) is 3.14. The van der Waals surface area contributed by atoms with Gasteiger partial charge in [0, 0.05) is 24.6 Å². The fraction of sp³-hybridized carbons (Fsp3) is 0.706. The highest BCUT2D eigenvalue weighted by atomic mass is 32.1. The minimum absolute atomic E-state index is 0.0577. The maximum Gasteiger partial charge on any atom is 0.239 e. The number of rotatable bonds is 4. The summed E-state index contributed by atoms with van der Waals surface area (Å²) >= 11 is 1.66. The van der Waals surface area contributed by atoms with E-state index in [0.717, 1.165) is 37.5 Å². The first kappa shape index (κ1) is 16.9. The van der Waals surface area contributed by atoms with Crippen molar-refractivity contribution in [2.45, 2.75) is 45.8 Å². The van der Waals surface area contributed by atoms with Crippen LogP contribution >= 0.6 is 11.3 Å². The van der Waals surface area contributed by atoms with Crippen molar-refractivity contribution in [3.63, 3.8) is 0 Å². The van der Waals surface area contributed by atoms with E-state index in [0.29, 0.717) is 13.2 Å². The molecule has 1 amide bonds. The zero-order valence-corrected chi connectivity index (χ0v) is 15.0. The third kappa shape index (κ3) is 3.94. The van der Waals surface area contributed by atoms with Crippen LogP contribution in [0.3, 0.4) is 0 Å². The Kier molecular flexibility index (Phi) is 5.36. The number of nitrogens with zero attached hydrogens (tertiary/aromatic N) is 1. The fourth-order valence-corrected chi connectivity index (χ4v) is 4.31. The lowest BCUT2D eigenvalue weighted by atomic mass is 10.1. The molecule has 1 N–H and O–H groups in total. The Bertz CT molecular complexity index is 566. The van der Waals surface area contributed by atoms with Crippen LogP contribution in [0.4, 0.5) is 5.00 Å². The van der Waals surface area contributed by atoms with E-state index in [1.54, 1.807) is 11.3 Å². The van der Waals surface area contributed by atoms with Crippen LogP contribution < -0.4 is 5.32 Å². The van der Waals surface area contributed by atoms with Crippen LogP contribution in [-0.4, -0.2) is 55.9 Å². The molecule has 1 aromatic heterocycles. The number of morpholine rings is 1. The maximum absolute atomic E-state index is 12.4. The van der Waals surface area contributed by atoms with Crippen LogP contribution in [0.2, 0.25) is 0 Å². The molecule has 0 spiro atoms. The molecule has 2 atom stereocenters. The Morgan fingerprint density at radius 2 is 2.00 bits per heavy atom. The van der Waals surface area contributed by atoms with E-state index in [4.69, 9.17) is 9.47 Å². The van der Waals surface area contributed by atoms with Crippen molar-refractivity contribution >= 4 is 22.2 Å². The van der Waals surface area contributed by atoms with Gasteiger partial charge in [-0.15, -0.1) is 11.3 Å². The Balaban J connectivity index is 1.53. The number of ether oxygens (including phenoxy) is 2. The molecule has 0 bridgehead atoms. The Morgan fingerprint density at radius 1 is 1.22 bits per heavy atom. The summed E-state index contributed by atoms with van der Waals surface area (Å²) in [5.41, 5.74) is 2.45. The molecule has 3 heterocycles. The SMILES string of the molecule is Cc1sc(NC(=O)CN2CCO[C@H]([C@@H]3CCCO3)C2)c(C)c1C. The number of amides is 1. The Hall–Kier alpha value is -0.950. The fourth-order valence-electron chi connectivity index (χ4n) is 3.22. The van der Waals surface area contributed by atoms with Crippen LogP contribution in [0.5, 0.6) is 0 Å². The topological polar surface area (TPSA) is 50.8 Å². The molecule has 0 unspecified atom stereocenters. The van der Waals surface area contributed by atoms with Gasteiger partial charge in [-0.05, 0) is 44.7 Å². The molecule has 0 radical (unpaired) electrons. The molecule has 2 aliphatic rings. The minimum Gasteiger partial charge on any atom is -0.375 e. The van der Waals surface area contributed by atoms with Gasteiger partial charge in [0.1, 0.15) is 0 Å². The summed E-state index contributed by atoms with van der Waals surface area (Å²) in [4.78, 5) is 15.8. The van der Waals surface area contributed by atoms with E-state index in [1.165, 1.54) is 16.0 Å². The molecular weight excluding hydrogens is 312 g/mol. The van der Waals surface area contributed by atoms with Gasteiger partial charge < -0.3 is 14.8 Å². The largest absolute Gasteiger partial charge is 0.375 e. The molecule has 0 aromatic carbocycles. The molecule has 3 rings (SSSR count). The number of hydrogen-bond donors (Lipinski definition) is 1. The molecular formula is C17H26N2O3S. The van der Waals surface area contributed by atoms with Crippen molar-refractivity contribution < 1.29 is 14.3 Å². The zero-order valence-electron chi connectivity index (χ0n) is 14.2. The van der Waals surface area contributed by atoms with E-state index >= 15 is 0 Å². The number of anilines is 1. The molecule has 2 saturated heterocycles. The van der Waals surface area contributed by atoms with E-state index < -0.39 is 0 Å². The van der Waals surface area contributed by atoms with Gasteiger partial charge in [0.25, 0.3) is 0 Å². The second-order valence-corrected chi connectivity index (χ2v) is 7.71. The second kappa shape index (κ2) is 7.30. The van der Waals surface area contributed by atoms with Crippen molar-refractivity contribution in [3.05, 3.63) is 16.0 Å². The normalized spacial score (nSPS) is 25.7. The molecule has 0 saturated carbocycles. The highest BCUT2D eigenvalue weighted by Gasteiger charge is 2.31. The number of carbonyl (C=O) groups is 1. The van der Waals surface area contributed by atoms with Gasteiger partial charge in [-0.2, -0.15) is 0 Å². The molecule has 23 heavy (non-hydrogen) atoms. The molecule has 1 aromatic rings. The van der Waals surface area contributed by atoms with Gasteiger partial charge in [0.2, 0.25) is 5.91 Å². The van der Waals surface area contributed by atoms with Crippen molar-refractivity contribution in [2.75, 3.05) is 38.2 Å². The van der Waals surface area contributed by atoms with Gasteiger partial charge >= 0.3 is 0 Å². The molecule has 0 aliphatic carbocycles. The predicted octanol–water partition coefficient (Wildman–Crippen LogP) is 2.49. The minimum atomic E-state index is 0.0577. The lowest BCUT2D eigenvalue weighted by Gasteiger charge is -2.34. The Morgan fingerprint density at radius 3 is 2.65 bits per heavy atom. The number of carbonyl (C=O) groups excluding carboxylic acids is 1. The van der Waals surface area contributed by atoms with Crippen LogP contribution in [0.15, 0.2) is 0 Å². The van der Waals surface area contributed by atoms with Gasteiger partial charge in [-0.25, -0.2) is 0 Å². The smallest absolute Gasteiger partial charge is 0.239 e. The van der Waals surface area contributed by atoms with E-state index in [9.17, 15) is 4.79 Å². The van der Waals surface area contributed by atoms with Gasteiger partial charge in [0.15, 0.2) is 0 Å². The van der Waals surface area contributed by atoms with Crippen LogP contribution in [0.25, 0.3) is 0 Å². The van der Waals surface area contributed by atoms with Crippen LogP contribution in [0, 0.1) is 20.8 Å². The summed E-state index contributed by atoms with van der Waals surface area (Å²) in [7, 11) is 0. The Labute approximate surface area is 142 Å². The van der Waals surface area contributed by atoms with Crippen LogP contribution in [0.1, 0.15) is 28.8 Å². The third-order valence-corrected chi connectivity index (χ3v) is 6.09. The predicted molar refractivity (Wildman–Crippen MR) is 92.3 cm³/mol. The summed E-state index contributed by atoms with van der Waals surface area (Å²) in [6, 6.07) is 0. The van der Waals surface area contributed by atoms with Gasteiger partial charge in [0.05, 0.1) is 30.4 Å². The quantitative estimate of drug-likeness (QED) is 0.916. The van der Waals surface area contributed by atoms with Gasteiger partial charge in [-0.3, -0.25) is 9.69 Å². The first-order valence-corrected chi connectivity index (χ1v) is 9.18. The first-order chi connectivity index (χ1) is 11.0. The first-order valence-electron chi connectivity index (χ1n) is 8.36. The molecule has 5 nitrogen and oxygen atoms in total. The van der Waals surface area contributed by atoms with E-state index in [-0.39, 0.29) is 18.1 Å². The van der Waals surface area contributed by atoms with Crippen LogP contribution in [-0.2, 0) is 14.3 Å². The third-order valence-electron chi connectivity index (χ3n) is 4.86. The van der Waals surface area contributed by atoms with Crippen molar-refractivity contribution in [3.8, 4) is 0 Å². The molecule has 2 aliphatic heterocycles. The number of hydrogen-bond acceptors (Lipinski definition) is 5. The summed E-state index contributed by atoms with van der Waals surface area (Å²) in [6.07, 6.45) is 2.48. The highest BCUT2D eigenvalue weighted by Crippen LogP contribution is 2.31. The lowest BCUT2D eigenvalue weighted by molar-refractivity contribution is -0.123. The van der Waals surface area contributed by atoms with Crippen molar-refractivity contribution in [1.29, 1.82) is 0 Å². The van der Waals surface area contributed by atoms with E-state index in [2.05, 4.69) is 31.0 Å².